The van der Waals surface area contributed by atoms with Crippen molar-refractivity contribution in [3.05, 3.63) is 47.5 Å². The first-order valence-electron chi connectivity index (χ1n) is 6.59. The van der Waals surface area contributed by atoms with E-state index in [4.69, 9.17) is 21.1 Å². The Morgan fingerprint density at radius 3 is 2.79 bits per heavy atom. The van der Waals surface area contributed by atoms with Crippen LogP contribution in [0.15, 0.2) is 36.4 Å². The van der Waals surface area contributed by atoms with Gasteiger partial charge in [0.1, 0.15) is 6.10 Å². The fourth-order valence-electron chi connectivity index (χ4n) is 2.63. The molecule has 0 aliphatic carbocycles. The zero-order valence-electron chi connectivity index (χ0n) is 10.9. The number of rotatable bonds is 2. The standard InChI is InChI=1S/C16H17ClO2/c1-11-6-7-12-4-2-3-5-13(12)15(11)16(17)14-10-18-8-9-19-14/h2-7,14,16H,8-10H2,1H3. The van der Waals surface area contributed by atoms with Gasteiger partial charge in [0.05, 0.1) is 25.2 Å². The summed E-state index contributed by atoms with van der Waals surface area (Å²) in [5.41, 5.74) is 2.36. The molecule has 3 heteroatoms. The summed E-state index contributed by atoms with van der Waals surface area (Å²) in [6.07, 6.45) is -0.0695. The number of fused-ring (bicyclic) bond motifs is 1. The smallest absolute Gasteiger partial charge is 0.101 e. The molecule has 2 unspecified atom stereocenters. The van der Waals surface area contributed by atoms with Gasteiger partial charge in [0.15, 0.2) is 0 Å². The number of alkyl halides is 1. The summed E-state index contributed by atoms with van der Waals surface area (Å²) in [7, 11) is 0. The van der Waals surface area contributed by atoms with E-state index >= 15 is 0 Å². The van der Waals surface area contributed by atoms with Gasteiger partial charge in [0.2, 0.25) is 0 Å². The summed E-state index contributed by atoms with van der Waals surface area (Å²) in [4.78, 5) is 0. The molecule has 2 atom stereocenters. The van der Waals surface area contributed by atoms with Crippen molar-refractivity contribution in [3.63, 3.8) is 0 Å². The topological polar surface area (TPSA) is 18.5 Å². The van der Waals surface area contributed by atoms with Crippen molar-refractivity contribution in [1.29, 1.82) is 0 Å². The van der Waals surface area contributed by atoms with Gasteiger partial charge in [-0.1, -0.05) is 36.4 Å². The Labute approximate surface area is 118 Å². The number of aryl methyl sites for hydroxylation is 1. The Morgan fingerprint density at radius 2 is 2.00 bits per heavy atom. The third-order valence-electron chi connectivity index (χ3n) is 3.63. The van der Waals surface area contributed by atoms with Gasteiger partial charge in [0.25, 0.3) is 0 Å². The summed E-state index contributed by atoms with van der Waals surface area (Å²) < 4.78 is 11.2. The lowest BCUT2D eigenvalue weighted by molar-refractivity contribution is -0.0891. The van der Waals surface area contributed by atoms with Crippen molar-refractivity contribution in [2.75, 3.05) is 19.8 Å². The molecule has 1 fully saturated rings. The normalized spacial score (nSPS) is 21.5. The third-order valence-corrected chi connectivity index (χ3v) is 4.13. The number of hydrogen-bond donors (Lipinski definition) is 0. The third kappa shape index (κ3) is 2.48. The molecule has 100 valence electrons. The summed E-state index contributed by atoms with van der Waals surface area (Å²) in [6, 6.07) is 12.6. The Bertz CT molecular complexity index is 576. The van der Waals surface area contributed by atoms with Crippen molar-refractivity contribution in [3.8, 4) is 0 Å². The van der Waals surface area contributed by atoms with Crippen LogP contribution < -0.4 is 0 Å². The summed E-state index contributed by atoms with van der Waals surface area (Å²) in [6.45, 7) is 3.95. The minimum Gasteiger partial charge on any atom is -0.376 e. The van der Waals surface area contributed by atoms with E-state index in [9.17, 15) is 0 Å². The molecule has 1 saturated heterocycles. The highest BCUT2D eigenvalue weighted by molar-refractivity contribution is 6.22. The maximum absolute atomic E-state index is 6.66. The molecule has 0 aromatic heterocycles. The Hall–Kier alpha value is -1.09. The second kappa shape index (κ2) is 5.49. The van der Waals surface area contributed by atoms with Gasteiger partial charge in [0, 0.05) is 0 Å². The van der Waals surface area contributed by atoms with E-state index in [2.05, 4.69) is 31.2 Å². The van der Waals surface area contributed by atoms with E-state index in [0.29, 0.717) is 19.8 Å². The summed E-state index contributed by atoms with van der Waals surface area (Å²) in [5.74, 6) is 0. The highest BCUT2D eigenvalue weighted by Crippen LogP contribution is 2.35. The van der Waals surface area contributed by atoms with E-state index in [1.165, 1.54) is 16.3 Å². The second-order valence-corrected chi connectivity index (χ2v) is 5.37. The summed E-state index contributed by atoms with van der Waals surface area (Å²) in [5, 5.41) is 2.24. The van der Waals surface area contributed by atoms with Crippen molar-refractivity contribution in [2.45, 2.75) is 18.4 Å². The van der Waals surface area contributed by atoms with Crippen LogP contribution in [0.4, 0.5) is 0 Å². The predicted octanol–water partition coefficient (Wildman–Crippen LogP) is 3.84. The van der Waals surface area contributed by atoms with E-state index in [1.807, 2.05) is 12.1 Å². The fourth-order valence-corrected chi connectivity index (χ4v) is 3.07. The van der Waals surface area contributed by atoms with Gasteiger partial charge in [-0.3, -0.25) is 0 Å². The van der Waals surface area contributed by atoms with Gasteiger partial charge >= 0.3 is 0 Å². The van der Waals surface area contributed by atoms with Crippen LogP contribution in [-0.2, 0) is 9.47 Å². The molecular formula is C16H17ClO2. The summed E-state index contributed by atoms with van der Waals surface area (Å²) >= 11 is 6.66. The highest BCUT2D eigenvalue weighted by atomic mass is 35.5. The van der Waals surface area contributed by atoms with Gasteiger partial charge in [-0.15, -0.1) is 11.6 Å². The maximum Gasteiger partial charge on any atom is 0.101 e. The van der Waals surface area contributed by atoms with Crippen molar-refractivity contribution in [1.82, 2.24) is 0 Å². The lowest BCUT2D eigenvalue weighted by Crippen LogP contribution is -2.32. The lowest BCUT2D eigenvalue weighted by Gasteiger charge is -2.28. The quantitative estimate of drug-likeness (QED) is 0.776. The zero-order valence-corrected chi connectivity index (χ0v) is 11.7. The molecule has 1 aliphatic rings. The van der Waals surface area contributed by atoms with Crippen molar-refractivity contribution in [2.24, 2.45) is 0 Å². The largest absolute Gasteiger partial charge is 0.376 e. The first-order chi connectivity index (χ1) is 9.27. The molecule has 19 heavy (non-hydrogen) atoms. The zero-order chi connectivity index (χ0) is 13.2. The first-order valence-corrected chi connectivity index (χ1v) is 7.02. The van der Waals surface area contributed by atoms with Crippen LogP contribution in [0, 0.1) is 6.92 Å². The van der Waals surface area contributed by atoms with Crippen molar-refractivity contribution < 1.29 is 9.47 Å². The Balaban J connectivity index is 2.05. The number of benzene rings is 2. The molecule has 2 nitrogen and oxygen atoms in total. The van der Waals surface area contributed by atoms with Gasteiger partial charge in [-0.2, -0.15) is 0 Å². The molecule has 0 radical (unpaired) electrons. The second-order valence-electron chi connectivity index (χ2n) is 4.90. The average molecular weight is 277 g/mol. The Kier molecular flexibility index (Phi) is 3.74. The number of ether oxygens (including phenoxy) is 2. The molecule has 0 bridgehead atoms. The maximum atomic E-state index is 6.66. The average Bonchev–Trinajstić information content (AvgIpc) is 2.47. The van der Waals surface area contributed by atoms with E-state index in [-0.39, 0.29) is 11.5 Å². The molecule has 3 rings (SSSR count). The molecule has 1 heterocycles. The minimum atomic E-state index is -0.175. The Morgan fingerprint density at radius 1 is 1.16 bits per heavy atom. The van der Waals surface area contributed by atoms with Crippen LogP contribution in [0.2, 0.25) is 0 Å². The predicted molar refractivity (Wildman–Crippen MR) is 77.8 cm³/mol. The van der Waals surface area contributed by atoms with Crippen LogP contribution in [-0.4, -0.2) is 25.9 Å². The monoisotopic (exact) mass is 276 g/mol. The van der Waals surface area contributed by atoms with Crippen LogP contribution in [0.3, 0.4) is 0 Å². The molecule has 1 aliphatic heterocycles. The SMILES string of the molecule is Cc1ccc2ccccc2c1C(Cl)C1COCCO1. The van der Waals surface area contributed by atoms with Gasteiger partial charge in [-0.25, -0.2) is 0 Å². The highest BCUT2D eigenvalue weighted by Gasteiger charge is 2.27. The number of hydrogen-bond acceptors (Lipinski definition) is 2. The minimum absolute atomic E-state index is 0.0695. The van der Waals surface area contributed by atoms with Crippen LogP contribution in [0.5, 0.6) is 0 Å². The van der Waals surface area contributed by atoms with E-state index in [0.717, 1.165) is 5.56 Å². The molecular weight excluding hydrogens is 260 g/mol. The van der Waals surface area contributed by atoms with Crippen LogP contribution >= 0.6 is 11.6 Å². The molecule has 0 spiro atoms. The first kappa shape index (κ1) is 12.9. The van der Waals surface area contributed by atoms with Crippen LogP contribution in [0.25, 0.3) is 10.8 Å². The van der Waals surface area contributed by atoms with E-state index < -0.39 is 0 Å². The molecule has 0 saturated carbocycles. The lowest BCUT2D eigenvalue weighted by atomic mass is 9.95. The molecule has 2 aromatic rings. The van der Waals surface area contributed by atoms with E-state index in [1.54, 1.807) is 0 Å². The number of halogens is 1. The van der Waals surface area contributed by atoms with Crippen LogP contribution in [0.1, 0.15) is 16.5 Å². The van der Waals surface area contributed by atoms with Gasteiger partial charge in [-0.05, 0) is 28.8 Å². The molecule has 0 amide bonds. The van der Waals surface area contributed by atoms with Gasteiger partial charge < -0.3 is 9.47 Å². The molecule has 0 N–H and O–H groups in total. The molecule has 2 aromatic carbocycles. The fraction of sp³-hybridized carbons (Fsp3) is 0.375. The van der Waals surface area contributed by atoms with Crippen molar-refractivity contribution >= 4 is 22.4 Å².